The van der Waals surface area contributed by atoms with Crippen LogP contribution in [-0.2, 0) is 4.79 Å². The largest absolute Gasteiger partial charge is 0.298 e. The third-order valence-electron chi connectivity index (χ3n) is 1.65. The molecule has 0 bridgehead atoms. The Morgan fingerprint density at radius 2 is 2.13 bits per heavy atom. The predicted octanol–water partition coefficient (Wildman–Crippen LogP) is 4.38. The lowest BCUT2D eigenvalue weighted by molar-refractivity contribution is -0.104. The zero-order valence-corrected chi connectivity index (χ0v) is 11.8. The van der Waals surface area contributed by atoms with Crippen molar-refractivity contribution in [2.75, 3.05) is 0 Å². The van der Waals surface area contributed by atoms with Crippen LogP contribution in [-0.4, -0.2) is 16.5 Å². The van der Waals surface area contributed by atoms with Gasteiger partial charge in [0, 0.05) is 11.1 Å². The lowest BCUT2D eigenvalue weighted by Crippen LogP contribution is -2.24. The number of hydrogen-bond donors (Lipinski definition) is 0. The molecule has 0 aliphatic carbocycles. The molecule has 0 unspecified atom stereocenters. The van der Waals surface area contributed by atoms with Gasteiger partial charge in [-0.1, -0.05) is 45.8 Å². The summed E-state index contributed by atoms with van der Waals surface area (Å²) in [5, 5.41) is -0.445. The van der Waals surface area contributed by atoms with E-state index in [1.54, 1.807) is 24.1 Å². The van der Waals surface area contributed by atoms with E-state index in [1.807, 2.05) is 0 Å². The van der Waals surface area contributed by atoms with Crippen molar-refractivity contribution in [2.24, 2.45) is 0 Å². The zero-order chi connectivity index (χ0) is 11.9. The maximum atomic E-state index is 10.4. The number of halogens is 4. The molecule has 0 radical (unpaired) electrons. The topological polar surface area (TPSA) is 17.1 Å². The second kappa shape index (κ2) is 7.50. The van der Waals surface area contributed by atoms with Crippen LogP contribution in [0.3, 0.4) is 0 Å². The van der Waals surface area contributed by atoms with Crippen molar-refractivity contribution < 1.29 is 4.79 Å². The summed E-state index contributed by atoms with van der Waals surface area (Å²) in [7, 11) is 0. The molecular formula is C10H10BrCl3O. The third kappa shape index (κ3) is 5.76. The first kappa shape index (κ1) is 15.2. The van der Waals surface area contributed by atoms with E-state index < -0.39 is 10.3 Å². The number of hydrogen-bond acceptors (Lipinski definition) is 1. The van der Waals surface area contributed by atoms with Gasteiger partial charge in [0.2, 0.25) is 0 Å². The summed E-state index contributed by atoms with van der Waals surface area (Å²) in [5.74, 6) is 0. The van der Waals surface area contributed by atoms with E-state index in [-0.39, 0.29) is 0 Å². The minimum absolute atomic E-state index is 0.345. The maximum Gasteiger partial charge on any atom is 0.150 e. The summed E-state index contributed by atoms with van der Waals surface area (Å²) >= 11 is 20.7. The second-order valence-corrected chi connectivity index (χ2v) is 4.96. The maximum absolute atomic E-state index is 10.4. The molecule has 0 rings (SSSR count). The standard InChI is InChI=1S/C10H10BrCl3O/c1-10(14,4-5-11)9(13)3-2-8(6-12)7-15/h2-7,9H,1H3/b3-2+,5-4+,8-6+/t9-,10-/m1/s1. The normalized spacial score (nSPS) is 19.4. The highest BCUT2D eigenvalue weighted by atomic mass is 79.9. The van der Waals surface area contributed by atoms with Crippen LogP contribution in [0.5, 0.6) is 0 Å². The van der Waals surface area contributed by atoms with E-state index in [0.717, 1.165) is 0 Å². The Balaban J connectivity index is 4.61. The summed E-state index contributed by atoms with van der Waals surface area (Å²) in [6.45, 7) is 1.76. The van der Waals surface area contributed by atoms with Crippen molar-refractivity contribution in [1.29, 1.82) is 0 Å². The highest BCUT2D eigenvalue weighted by Crippen LogP contribution is 2.27. The van der Waals surface area contributed by atoms with Crippen molar-refractivity contribution in [1.82, 2.24) is 0 Å². The molecule has 0 aliphatic rings. The summed E-state index contributed by atoms with van der Waals surface area (Å²) in [6.07, 6.45) is 5.49. The third-order valence-corrected chi connectivity index (χ3v) is 3.24. The molecule has 0 saturated heterocycles. The lowest BCUT2D eigenvalue weighted by Gasteiger charge is -2.20. The Morgan fingerprint density at radius 3 is 2.53 bits per heavy atom. The Morgan fingerprint density at radius 1 is 1.53 bits per heavy atom. The Hall–Kier alpha value is 0.240. The first-order valence-corrected chi connectivity index (χ1v) is 6.19. The number of aldehydes is 1. The van der Waals surface area contributed by atoms with Gasteiger partial charge in [0.25, 0.3) is 0 Å². The van der Waals surface area contributed by atoms with Gasteiger partial charge < -0.3 is 0 Å². The van der Waals surface area contributed by atoms with E-state index in [0.29, 0.717) is 11.9 Å². The fourth-order valence-corrected chi connectivity index (χ4v) is 1.81. The van der Waals surface area contributed by atoms with Gasteiger partial charge >= 0.3 is 0 Å². The van der Waals surface area contributed by atoms with E-state index in [4.69, 9.17) is 34.8 Å². The number of allylic oxidation sites excluding steroid dienone is 4. The van der Waals surface area contributed by atoms with E-state index in [2.05, 4.69) is 15.9 Å². The van der Waals surface area contributed by atoms with Gasteiger partial charge in [0.15, 0.2) is 6.29 Å². The van der Waals surface area contributed by atoms with E-state index >= 15 is 0 Å². The van der Waals surface area contributed by atoms with Crippen LogP contribution < -0.4 is 0 Å². The van der Waals surface area contributed by atoms with Crippen LogP contribution >= 0.6 is 50.7 Å². The molecule has 0 heterocycles. The van der Waals surface area contributed by atoms with Gasteiger partial charge in [0.05, 0.1) is 10.3 Å². The number of carbonyl (C=O) groups is 1. The van der Waals surface area contributed by atoms with Crippen LogP contribution in [0.2, 0.25) is 0 Å². The molecule has 15 heavy (non-hydrogen) atoms. The van der Waals surface area contributed by atoms with Crippen LogP contribution in [0.25, 0.3) is 0 Å². The zero-order valence-electron chi connectivity index (χ0n) is 7.96. The fourth-order valence-electron chi connectivity index (χ4n) is 0.700. The molecule has 0 fully saturated rings. The van der Waals surface area contributed by atoms with Crippen molar-refractivity contribution in [3.05, 3.63) is 34.3 Å². The highest BCUT2D eigenvalue weighted by molar-refractivity contribution is 9.11. The van der Waals surface area contributed by atoms with Crippen molar-refractivity contribution >= 4 is 57.0 Å². The molecule has 5 heteroatoms. The van der Waals surface area contributed by atoms with Crippen LogP contribution in [0.15, 0.2) is 34.3 Å². The highest BCUT2D eigenvalue weighted by Gasteiger charge is 2.25. The molecule has 0 aromatic carbocycles. The Kier molecular flexibility index (Phi) is 7.62. The Labute approximate surface area is 113 Å². The second-order valence-electron chi connectivity index (χ2n) is 2.93. The first-order chi connectivity index (χ1) is 6.97. The molecule has 1 nitrogen and oxygen atoms in total. The monoisotopic (exact) mass is 330 g/mol. The fraction of sp³-hybridized carbons (Fsp3) is 0.300. The quantitative estimate of drug-likeness (QED) is 0.316. The molecule has 0 amide bonds. The van der Waals surface area contributed by atoms with Crippen LogP contribution in [0, 0.1) is 0 Å². The number of carbonyl (C=O) groups excluding carboxylic acids is 1. The minimum atomic E-state index is -0.720. The summed E-state index contributed by atoms with van der Waals surface area (Å²) in [6, 6.07) is 0. The average molecular weight is 332 g/mol. The van der Waals surface area contributed by atoms with Crippen LogP contribution in [0.4, 0.5) is 0 Å². The van der Waals surface area contributed by atoms with E-state index in [9.17, 15) is 4.79 Å². The SMILES string of the molecule is C[C@@](Cl)(/C=C/Br)[C@H](Cl)/C=C/C(C=O)=C\Cl. The molecule has 0 aromatic rings. The van der Waals surface area contributed by atoms with Gasteiger partial charge in [-0.15, -0.1) is 23.2 Å². The number of alkyl halides is 2. The molecule has 0 saturated carbocycles. The summed E-state index contributed by atoms with van der Waals surface area (Å²) in [4.78, 5) is 11.3. The van der Waals surface area contributed by atoms with E-state index in [1.165, 1.54) is 11.6 Å². The minimum Gasteiger partial charge on any atom is -0.298 e. The molecule has 0 aliphatic heterocycles. The van der Waals surface area contributed by atoms with Gasteiger partial charge in [-0.05, 0) is 11.9 Å². The lowest BCUT2D eigenvalue weighted by atomic mass is 10.1. The summed E-state index contributed by atoms with van der Waals surface area (Å²) in [5.41, 5.74) is 1.52. The Bertz CT molecular complexity index is 295. The first-order valence-electron chi connectivity index (χ1n) is 4.02. The molecular weight excluding hydrogens is 322 g/mol. The predicted molar refractivity (Wildman–Crippen MR) is 71.1 cm³/mol. The molecule has 84 valence electrons. The van der Waals surface area contributed by atoms with Gasteiger partial charge in [0.1, 0.15) is 0 Å². The smallest absolute Gasteiger partial charge is 0.150 e. The van der Waals surface area contributed by atoms with Crippen LogP contribution in [0.1, 0.15) is 6.92 Å². The molecule has 2 atom stereocenters. The number of rotatable bonds is 5. The van der Waals surface area contributed by atoms with Crippen molar-refractivity contribution in [3.8, 4) is 0 Å². The molecule has 0 N–H and O–H groups in total. The van der Waals surface area contributed by atoms with Crippen molar-refractivity contribution in [3.63, 3.8) is 0 Å². The average Bonchev–Trinajstić information content (AvgIpc) is 2.19. The van der Waals surface area contributed by atoms with Gasteiger partial charge in [-0.3, -0.25) is 4.79 Å². The van der Waals surface area contributed by atoms with Gasteiger partial charge in [-0.25, -0.2) is 0 Å². The van der Waals surface area contributed by atoms with Crippen molar-refractivity contribution in [2.45, 2.75) is 17.2 Å². The molecule has 0 spiro atoms. The molecule has 0 aromatic heterocycles. The summed E-state index contributed by atoms with van der Waals surface area (Å²) < 4.78 is 0. The van der Waals surface area contributed by atoms with Gasteiger partial charge in [-0.2, -0.15) is 0 Å².